The van der Waals surface area contributed by atoms with Crippen LogP contribution in [0.1, 0.15) is 76.0 Å². The molecule has 0 spiro atoms. The average molecular weight is 371 g/mol. The molecular formula is C22H34N4O. The molecule has 5 heteroatoms. The molecule has 0 aliphatic rings. The van der Waals surface area contributed by atoms with Gasteiger partial charge in [0.15, 0.2) is 0 Å². The van der Waals surface area contributed by atoms with Crippen molar-refractivity contribution in [1.82, 2.24) is 14.5 Å². The molecule has 148 valence electrons. The molecule has 1 aromatic heterocycles. The van der Waals surface area contributed by atoms with Crippen molar-refractivity contribution in [3.63, 3.8) is 0 Å². The molecule has 0 amide bonds. The minimum atomic E-state index is -0.272. The van der Waals surface area contributed by atoms with Crippen LogP contribution in [0.3, 0.4) is 0 Å². The van der Waals surface area contributed by atoms with Crippen LogP contribution in [-0.4, -0.2) is 21.6 Å². The van der Waals surface area contributed by atoms with Gasteiger partial charge in [-0.1, -0.05) is 52.2 Å². The highest BCUT2D eigenvalue weighted by Gasteiger charge is 2.15. The number of benzene rings is 1. The third-order valence-electron chi connectivity index (χ3n) is 4.91. The summed E-state index contributed by atoms with van der Waals surface area (Å²) in [4.78, 5) is 21.0. The Morgan fingerprint density at radius 2 is 1.48 bits per heavy atom. The highest BCUT2D eigenvalue weighted by molar-refractivity contribution is 5.51. The van der Waals surface area contributed by atoms with Crippen molar-refractivity contribution in [2.75, 3.05) is 12.4 Å². The molecular weight excluding hydrogens is 336 g/mol. The molecule has 0 saturated carbocycles. The summed E-state index contributed by atoms with van der Waals surface area (Å²) >= 11 is 0. The van der Waals surface area contributed by atoms with E-state index in [2.05, 4.69) is 48.2 Å². The number of unbranched alkanes of at least 4 members (excludes halogenated alkanes) is 3. The van der Waals surface area contributed by atoms with Gasteiger partial charge in [-0.05, 0) is 55.2 Å². The van der Waals surface area contributed by atoms with E-state index in [-0.39, 0.29) is 5.69 Å². The van der Waals surface area contributed by atoms with Crippen LogP contribution in [0, 0.1) is 0 Å². The molecule has 2 rings (SSSR count). The Morgan fingerprint density at radius 1 is 0.926 bits per heavy atom. The average Bonchev–Trinajstić information content (AvgIpc) is 2.69. The van der Waals surface area contributed by atoms with Crippen molar-refractivity contribution >= 4 is 5.95 Å². The lowest BCUT2D eigenvalue weighted by Gasteiger charge is -2.19. The minimum absolute atomic E-state index is 0.272. The lowest BCUT2D eigenvalue weighted by molar-refractivity contribution is 0.745. The summed E-state index contributed by atoms with van der Waals surface area (Å²) < 4.78 is 1.64. The number of anilines is 1. The monoisotopic (exact) mass is 370 g/mol. The van der Waals surface area contributed by atoms with E-state index in [4.69, 9.17) is 0 Å². The van der Waals surface area contributed by atoms with E-state index in [1.165, 1.54) is 29.5 Å². The molecule has 5 nitrogen and oxygen atoms in total. The number of hydrogen-bond acceptors (Lipinski definition) is 4. The van der Waals surface area contributed by atoms with Crippen molar-refractivity contribution in [2.24, 2.45) is 0 Å². The fraction of sp³-hybridized carbons (Fsp3) is 0.591. The van der Waals surface area contributed by atoms with Gasteiger partial charge in [-0.3, -0.25) is 4.57 Å². The molecule has 1 aromatic carbocycles. The fourth-order valence-electron chi connectivity index (χ4n) is 3.39. The zero-order chi connectivity index (χ0) is 19.6. The third-order valence-corrected chi connectivity index (χ3v) is 4.91. The lowest BCUT2D eigenvalue weighted by atomic mass is 9.93. The van der Waals surface area contributed by atoms with Gasteiger partial charge in [-0.25, -0.2) is 9.78 Å². The van der Waals surface area contributed by atoms with Gasteiger partial charge in [0, 0.05) is 7.05 Å². The van der Waals surface area contributed by atoms with Gasteiger partial charge in [0.2, 0.25) is 5.95 Å². The quantitative estimate of drug-likeness (QED) is 0.623. The van der Waals surface area contributed by atoms with Crippen molar-refractivity contribution < 1.29 is 0 Å². The topological polar surface area (TPSA) is 59.8 Å². The maximum absolute atomic E-state index is 12.7. The molecule has 27 heavy (non-hydrogen) atoms. The first-order valence-corrected chi connectivity index (χ1v) is 10.4. The van der Waals surface area contributed by atoms with Crippen molar-refractivity contribution in [3.05, 3.63) is 45.6 Å². The molecule has 0 aliphatic carbocycles. The van der Waals surface area contributed by atoms with Crippen LogP contribution >= 0.6 is 0 Å². The minimum Gasteiger partial charge on any atom is -0.357 e. The highest BCUT2D eigenvalue weighted by Crippen LogP contribution is 2.26. The summed E-state index contributed by atoms with van der Waals surface area (Å²) in [6.45, 7) is 6.63. The first-order valence-electron chi connectivity index (χ1n) is 10.4. The van der Waals surface area contributed by atoms with Gasteiger partial charge < -0.3 is 5.32 Å². The van der Waals surface area contributed by atoms with Crippen LogP contribution in [-0.2, 0) is 19.3 Å². The second-order valence-corrected chi connectivity index (χ2v) is 7.16. The second kappa shape index (κ2) is 10.9. The van der Waals surface area contributed by atoms with Crippen molar-refractivity contribution in [2.45, 2.75) is 78.6 Å². The lowest BCUT2D eigenvalue weighted by Crippen LogP contribution is -2.25. The van der Waals surface area contributed by atoms with Gasteiger partial charge in [0.1, 0.15) is 6.33 Å². The van der Waals surface area contributed by atoms with Gasteiger partial charge in [0.05, 0.1) is 5.69 Å². The fourth-order valence-corrected chi connectivity index (χ4v) is 3.39. The van der Waals surface area contributed by atoms with Crippen molar-refractivity contribution in [3.8, 4) is 5.69 Å². The van der Waals surface area contributed by atoms with E-state index in [9.17, 15) is 4.79 Å². The maximum Gasteiger partial charge on any atom is 0.356 e. The number of rotatable bonds is 11. The normalized spacial score (nSPS) is 11.0. The van der Waals surface area contributed by atoms with Crippen molar-refractivity contribution in [1.29, 1.82) is 0 Å². The molecule has 0 saturated heterocycles. The van der Waals surface area contributed by atoms with E-state index in [1.54, 1.807) is 17.9 Å². The molecule has 0 atom stereocenters. The molecule has 0 fully saturated rings. The Balaban J connectivity index is 2.60. The van der Waals surface area contributed by atoms with E-state index in [0.29, 0.717) is 5.95 Å². The van der Waals surface area contributed by atoms with Gasteiger partial charge in [-0.2, -0.15) is 4.98 Å². The van der Waals surface area contributed by atoms with E-state index in [1.807, 2.05) is 0 Å². The predicted octanol–water partition coefficient (Wildman–Crippen LogP) is 4.70. The van der Waals surface area contributed by atoms with Crippen LogP contribution in [0.5, 0.6) is 0 Å². The summed E-state index contributed by atoms with van der Waals surface area (Å²) in [7, 11) is 1.72. The Labute approximate surface area is 163 Å². The van der Waals surface area contributed by atoms with Crippen LogP contribution in [0.25, 0.3) is 5.69 Å². The number of nitrogens with zero attached hydrogens (tertiary/aromatic N) is 3. The Hall–Kier alpha value is -2.17. The van der Waals surface area contributed by atoms with E-state index in [0.717, 1.165) is 50.6 Å². The van der Waals surface area contributed by atoms with Crippen LogP contribution in [0.2, 0.25) is 0 Å². The van der Waals surface area contributed by atoms with Crippen LogP contribution in [0.4, 0.5) is 5.95 Å². The van der Waals surface area contributed by atoms with E-state index >= 15 is 0 Å². The van der Waals surface area contributed by atoms with Gasteiger partial charge in [0.25, 0.3) is 0 Å². The Morgan fingerprint density at radius 3 is 1.96 bits per heavy atom. The zero-order valence-corrected chi connectivity index (χ0v) is 17.3. The highest BCUT2D eigenvalue weighted by atomic mass is 16.1. The summed E-state index contributed by atoms with van der Waals surface area (Å²) in [5.74, 6) is 0.362. The standard InChI is InChI=1S/C22H34N4O/c1-5-8-11-17-14-18(12-9-6-2)20(19(15-17)13-10-7-3)26-16-24-21(23-4)25-22(26)27/h14-16H,5-13H2,1-4H3,(H,23,25,27). The van der Waals surface area contributed by atoms with Gasteiger partial charge >= 0.3 is 5.69 Å². The molecule has 1 heterocycles. The number of aromatic nitrogens is 3. The summed E-state index contributed by atoms with van der Waals surface area (Å²) in [6, 6.07) is 4.60. The number of nitrogens with one attached hydrogen (secondary N) is 1. The predicted molar refractivity (Wildman–Crippen MR) is 113 cm³/mol. The number of aryl methyl sites for hydroxylation is 3. The summed E-state index contributed by atoms with van der Waals surface area (Å²) in [5.41, 5.74) is 4.62. The van der Waals surface area contributed by atoms with E-state index < -0.39 is 0 Å². The van der Waals surface area contributed by atoms with Crippen LogP contribution < -0.4 is 11.0 Å². The zero-order valence-electron chi connectivity index (χ0n) is 17.3. The second-order valence-electron chi connectivity index (χ2n) is 7.16. The maximum atomic E-state index is 12.7. The summed E-state index contributed by atoms with van der Waals surface area (Å²) in [6.07, 6.45) is 11.5. The third kappa shape index (κ3) is 5.65. The molecule has 0 bridgehead atoms. The molecule has 0 unspecified atom stereocenters. The van der Waals surface area contributed by atoms with Gasteiger partial charge in [-0.15, -0.1) is 0 Å². The molecule has 1 N–H and O–H groups in total. The van der Waals surface area contributed by atoms with Crippen LogP contribution in [0.15, 0.2) is 23.3 Å². The molecule has 2 aromatic rings. The SMILES string of the molecule is CCCCc1cc(CCCC)c(-n2cnc(NC)nc2=O)c(CCCC)c1. The first-order chi connectivity index (χ1) is 13.1. The first kappa shape index (κ1) is 21.1. The molecule has 0 radical (unpaired) electrons. The molecule has 0 aliphatic heterocycles. The smallest absolute Gasteiger partial charge is 0.356 e. The number of hydrogen-bond donors (Lipinski definition) is 1. The largest absolute Gasteiger partial charge is 0.357 e. The Bertz CT molecular complexity index is 753. The summed E-state index contributed by atoms with van der Waals surface area (Å²) in [5, 5.41) is 2.84. The Kier molecular flexibility index (Phi) is 8.49.